The fraction of sp³-hybridized carbons (Fsp3) is 0.312. The number of amides is 1. The lowest BCUT2D eigenvalue weighted by molar-refractivity contribution is -0.122. The summed E-state index contributed by atoms with van der Waals surface area (Å²) in [6.07, 6.45) is 0. The van der Waals surface area contributed by atoms with Gasteiger partial charge in [-0.05, 0) is 32.9 Å². The Labute approximate surface area is 144 Å². The first-order valence-corrected chi connectivity index (χ1v) is 7.65. The first-order chi connectivity index (χ1) is 11.3. The van der Waals surface area contributed by atoms with Crippen LogP contribution in [0.15, 0.2) is 24.3 Å². The quantitative estimate of drug-likeness (QED) is 0.660. The molecule has 1 atom stereocenters. The molecule has 0 unspecified atom stereocenters. The summed E-state index contributed by atoms with van der Waals surface area (Å²) in [5, 5.41) is 16.3. The molecule has 0 bridgehead atoms. The van der Waals surface area contributed by atoms with Crippen LogP contribution in [0.5, 0.6) is 0 Å². The van der Waals surface area contributed by atoms with Gasteiger partial charge >= 0.3 is 0 Å². The van der Waals surface area contributed by atoms with E-state index in [9.17, 15) is 9.59 Å². The first-order valence-electron chi connectivity index (χ1n) is 7.28. The molecule has 2 aromatic rings. The lowest BCUT2D eigenvalue weighted by atomic mass is 10.0. The smallest absolute Gasteiger partial charge is 0.245 e. The molecule has 0 aliphatic heterocycles. The van der Waals surface area contributed by atoms with Crippen molar-refractivity contribution in [2.75, 3.05) is 0 Å². The Hall–Kier alpha value is -2.72. The van der Waals surface area contributed by atoms with Gasteiger partial charge in [0.15, 0.2) is 5.92 Å². The zero-order chi connectivity index (χ0) is 17.9. The number of para-hydroxylation sites is 1. The Morgan fingerprint density at radius 3 is 2.58 bits per heavy atom. The van der Waals surface area contributed by atoms with Crippen LogP contribution in [-0.4, -0.2) is 32.5 Å². The number of rotatable bonds is 5. The van der Waals surface area contributed by atoms with Gasteiger partial charge in [0, 0.05) is 6.04 Å². The predicted molar refractivity (Wildman–Crippen MR) is 87.8 cm³/mol. The van der Waals surface area contributed by atoms with Crippen LogP contribution >= 0.6 is 11.6 Å². The Morgan fingerprint density at radius 1 is 1.33 bits per heavy atom. The number of ketones is 1. The molecule has 0 aliphatic rings. The number of nitrogens with zero attached hydrogens (tertiary/aromatic N) is 4. The van der Waals surface area contributed by atoms with E-state index in [2.05, 4.69) is 15.4 Å². The van der Waals surface area contributed by atoms with Crippen LogP contribution in [0.25, 0.3) is 5.69 Å². The number of nitriles is 1. The van der Waals surface area contributed by atoms with E-state index in [1.54, 1.807) is 51.1 Å². The van der Waals surface area contributed by atoms with Crippen LogP contribution < -0.4 is 5.32 Å². The molecular weight excluding hydrogens is 330 g/mol. The van der Waals surface area contributed by atoms with E-state index in [1.807, 2.05) is 0 Å². The Kier molecular flexibility index (Phi) is 5.31. The van der Waals surface area contributed by atoms with Gasteiger partial charge in [-0.15, -0.1) is 5.10 Å². The maximum absolute atomic E-state index is 12.4. The zero-order valence-electron chi connectivity index (χ0n) is 13.4. The molecule has 124 valence electrons. The van der Waals surface area contributed by atoms with Crippen molar-refractivity contribution in [3.63, 3.8) is 0 Å². The summed E-state index contributed by atoms with van der Waals surface area (Å²) in [5.74, 6) is -2.67. The Morgan fingerprint density at radius 2 is 2.00 bits per heavy atom. The van der Waals surface area contributed by atoms with Crippen molar-refractivity contribution >= 4 is 23.3 Å². The zero-order valence-corrected chi connectivity index (χ0v) is 14.2. The summed E-state index contributed by atoms with van der Waals surface area (Å²) in [4.78, 5) is 28.5. The lowest BCUT2D eigenvalue weighted by Gasteiger charge is -2.10. The van der Waals surface area contributed by atoms with Crippen molar-refractivity contribution in [1.29, 1.82) is 5.26 Å². The van der Waals surface area contributed by atoms with Crippen molar-refractivity contribution < 1.29 is 9.59 Å². The Balaban J connectivity index is 2.35. The number of hydrogen-bond acceptors (Lipinski definition) is 5. The first kappa shape index (κ1) is 17.6. The van der Waals surface area contributed by atoms with Crippen molar-refractivity contribution in [2.45, 2.75) is 26.8 Å². The second-order valence-corrected chi connectivity index (χ2v) is 5.84. The van der Waals surface area contributed by atoms with Gasteiger partial charge in [0.25, 0.3) is 0 Å². The summed E-state index contributed by atoms with van der Waals surface area (Å²) >= 11 is 6.13. The van der Waals surface area contributed by atoms with E-state index in [4.69, 9.17) is 16.9 Å². The molecule has 0 fully saturated rings. The number of Topliss-reactive ketones (excluding diaryl/α,β-unsaturated/α-hetero) is 1. The van der Waals surface area contributed by atoms with E-state index in [0.717, 1.165) is 0 Å². The fourth-order valence-corrected chi connectivity index (χ4v) is 2.30. The number of aromatic nitrogens is 3. The van der Waals surface area contributed by atoms with Gasteiger partial charge in [0.05, 0.1) is 16.8 Å². The molecule has 7 nitrogen and oxygen atoms in total. The van der Waals surface area contributed by atoms with Crippen molar-refractivity contribution in [1.82, 2.24) is 20.1 Å². The van der Waals surface area contributed by atoms with Crippen LogP contribution in [-0.2, 0) is 4.79 Å². The van der Waals surface area contributed by atoms with E-state index in [0.29, 0.717) is 16.5 Å². The van der Waals surface area contributed by atoms with Crippen LogP contribution in [0.3, 0.4) is 0 Å². The van der Waals surface area contributed by atoms with Gasteiger partial charge in [0.1, 0.15) is 5.82 Å². The summed E-state index contributed by atoms with van der Waals surface area (Å²) < 4.78 is 1.41. The van der Waals surface area contributed by atoms with Gasteiger partial charge in [0.2, 0.25) is 17.5 Å². The van der Waals surface area contributed by atoms with Gasteiger partial charge in [-0.3, -0.25) is 9.59 Å². The van der Waals surface area contributed by atoms with Crippen molar-refractivity contribution in [3.05, 3.63) is 40.9 Å². The molecule has 0 radical (unpaired) electrons. The summed E-state index contributed by atoms with van der Waals surface area (Å²) in [5.41, 5.74) is 0.559. The normalized spacial score (nSPS) is 11.8. The van der Waals surface area contributed by atoms with Gasteiger partial charge in [-0.2, -0.15) is 5.26 Å². The molecule has 0 saturated carbocycles. The van der Waals surface area contributed by atoms with Gasteiger partial charge < -0.3 is 5.32 Å². The molecule has 1 heterocycles. The number of hydrogen-bond donors (Lipinski definition) is 1. The minimum absolute atomic E-state index is 0.184. The number of aryl methyl sites for hydroxylation is 1. The molecule has 0 aliphatic carbocycles. The molecule has 24 heavy (non-hydrogen) atoms. The molecule has 8 heteroatoms. The van der Waals surface area contributed by atoms with Gasteiger partial charge in [-0.1, -0.05) is 23.7 Å². The molecule has 1 N–H and O–H groups in total. The highest BCUT2D eigenvalue weighted by Gasteiger charge is 2.31. The molecule has 0 spiro atoms. The van der Waals surface area contributed by atoms with E-state index < -0.39 is 17.6 Å². The van der Waals surface area contributed by atoms with Crippen LogP contribution in [0.2, 0.25) is 5.02 Å². The average Bonchev–Trinajstić information content (AvgIpc) is 2.89. The second kappa shape index (κ2) is 7.23. The van der Waals surface area contributed by atoms with Crippen LogP contribution in [0.4, 0.5) is 0 Å². The molecule has 1 aromatic carbocycles. The van der Waals surface area contributed by atoms with E-state index in [1.165, 1.54) is 4.68 Å². The summed E-state index contributed by atoms with van der Waals surface area (Å²) in [6, 6.07) is 8.49. The number of halogens is 1. The molecule has 2 rings (SSSR count). The molecule has 0 saturated heterocycles. The fourth-order valence-electron chi connectivity index (χ4n) is 2.08. The number of nitrogens with one attached hydrogen (secondary N) is 1. The summed E-state index contributed by atoms with van der Waals surface area (Å²) in [7, 11) is 0. The summed E-state index contributed by atoms with van der Waals surface area (Å²) in [6.45, 7) is 5.14. The van der Waals surface area contributed by atoms with E-state index in [-0.39, 0.29) is 11.9 Å². The topological polar surface area (TPSA) is 101 Å². The molecule has 1 amide bonds. The third kappa shape index (κ3) is 3.60. The molecular formula is C16H16ClN5O2. The van der Waals surface area contributed by atoms with Crippen molar-refractivity contribution in [2.24, 2.45) is 5.92 Å². The Bertz CT molecular complexity index is 822. The highest BCUT2D eigenvalue weighted by atomic mass is 35.5. The minimum atomic E-state index is -1.49. The van der Waals surface area contributed by atoms with E-state index >= 15 is 0 Å². The maximum Gasteiger partial charge on any atom is 0.245 e. The average molecular weight is 346 g/mol. The molecule has 1 aromatic heterocycles. The highest BCUT2D eigenvalue weighted by Crippen LogP contribution is 2.20. The standard InChI is InChI=1S/C16H16ClN5O2/c1-9(2)19-16(24)11(8-18)14(23)15-20-10(3)22(21-15)13-7-5-4-6-12(13)17/h4-7,9,11H,1-3H3,(H,19,24)/t11-/m0/s1. The number of carbonyl (C=O) groups is 2. The third-order valence-electron chi connectivity index (χ3n) is 3.15. The number of carbonyl (C=O) groups excluding carboxylic acids is 2. The predicted octanol–water partition coefficient (Wildman–Crippen LogP) is 2.08. The van der Waals surface area contributed by atoms with Crippen LogP contribution in [0.1, 0.15) is 30.3 Å². The largest absolute Gasteiger partial charge is 0.352 e. The maximum atomic E-state index is 12.4. The SMILES string of the molecule is Cc1nc(C(=O)[C@H](C#N)C(=O)NC(C)C)nn1-c1ccccc1Cl. The van der Waals surface area contributed by atoms with Crippen molar-refractivity contribution in [3.8, 4) is 11.8 Å². The highest BCUT2D eigenvalue weighted by molar-refractivity contribution is 6.32. The van der Waals surface area contributed by atoms with Gasteiger partial charge in [-0.25, -0.2) is 9.67 Å². The van der Waals surface area contributed by atoms with Crippen LogP contribution in [0, 0.1) is 24.2 Å². The monoisotopic (exact) mass is 345 g/mol. The minimum Gasteiger partial charge on any atom is -0.352 e. The lowest BCUT2D eigenvalue weighted by Crippen LogP contribution is -2.38. The second-order valence-electron chi connectivity index (χ2n) is 5.44. The third-order valence-corrected chi connectivity index (χ3v) is 3.47. The number of benzene rings is 1.